The van der Waals surface area contributed by atoms with Crippen LogP contribution in [0.4, 0.5) is 0 Å². The van der Waals surface area contributed by atoms with Gasteiger partial charge in [0.25, 0.3) is 0 Å². The third-order valence-corrected chi connectivity index (χ3v) is 6.20. The lowest BCUT2D eigenvalue weighted by molar-refractivity contribution is 0.885. The van der Waals surface area contributed by atoms with Gasteiger partial charge in [0, 0.05) is 27.0 Å². The van der Waals surface area contributed by atoms with Crippen LogP contribution in [0, 0.1) is 0 Å². The van der Waals surface area contributed by atoms with Gasteiger partial charge in [0.1, 0.15) is 0 Å². The lowest BCUT2D eigenvalue weighted by Gasteiger charge is -2.11. The van der Waals surface area contributed by atoms with Crippen LogP contribution in [0.25, 0.3) is 17.1 Å². The highest BCUT2D eigenvalue weighted by atomic mass is 35.5. The first kappa shape index (κ1) is 20.0. The van der Waals surface area contributed by atoms with E-state index in [1.807, 2.05) is 42.5 Å². The molecule has 0 radical (unpaired) electrons. The molecular formula is C23H19Cl2N3S. The summed E-state index contributed by atoms with van der Waals surface area (Å²) in [4.78, 5) is 0. The molecule has 0 fully saturated rings. The normalized spacial score (nSPS) is 11.0. The van der Waals surface area contributed by atoms with Gasteiger partial charge >= 0.3 is 0 Å². The van der Waals surface area contributed by atoms with Gasteiger partial charge in [-0.3, -0.25) is 4.57 Å². The minimum absolute atomic E-state index is 0.634. The summed E-state index contributed by atoms with van der Waals surface area (Å²) in [7, 11) is 0. The second-order valence-corrected chi connectivity index (χ2v) is 8.34. The molecule has 29 heavy (non-hydrogen) atoms. The fourth-order valence-corrected chi connectivity index (χ4v) is 4.54. The van der Waals surface area contributed by atoms with Crippen LogP contribution in [0.15, 0.2) is 78.0 Å². The van der Waals surface area contributed by atoms with E-state index in [-0.39, 0.29) is 0 Å². The molecule has 0 aliphatic rings. The van der Waals surface area contributed by atoms with E-state index < -0.39 is 0 Å². The number of aromatic nitrogens is 3. The molecule has 0 aliphatic carbocycles. The van der Waals surface area contributed by atoms with Gasteiger partial charge in [0.05, 0.1) is 0 Å². The Morgan fingerprint density at radius 3 is 2.34 bits per heavy atom. The Balaban J connectivity index is 1.72. The average Bonchev–Trinajstić information content (AvgIpc) is 3.18. The van der Waals surface area contributed by atoms with Crippen molar-refractivity contribution in [3.05, 3.63) is 94.0 Å². The van der Waals surface area contributed by atoms with Crippen LogP contribution in [-0.4, -0.2) is 14.8 Å². The van der Waals surface area contributed by atoms with Crippen LogP contribution in [-0.2, 0) is 12.2 Å². The first-order valence-corrected chi connectivity index (χ1v) is 11.1. The lowest BCUT2D eigenvalue weighted by atomic mass is 10.1. The molecule has 0 N–H and O–H groups in total. The van der Waals surface area contributed by atoms with Gasteiger partial charge in [-0.2, -0.15) is 0 Å². The predicted molar refractivity (Wildman–Crippen MR) is 122 cm³/mol. The predicted octanol–water partition coefficient (Wildman–Crippen LogP) is 7.10. The molecule has 3 aromatic carbocycles. The molecule has 4 aromatic rings. The van der Waals surface area contributed by atoms with Gasteiger partial charge in [0.2, 0.25) is 0 Å². The van der Waals surface area contributed by atoms with Crippen LogP contribution in [0.1, 0.15) is 18.1 Å². The summed E-state index contributed by atoms with van der Waals surface area (Å²) in [6.45, 7) is 2.15. The molecular weight excluding hydrogens is 421 g/mol. The van der Waals surface area contributed by atoms with E-state index in [2.05, 4.69) is 46.0 Å². The maximum absolute atomic E-state index is 6.35. The first-order valence-electron chi connectivity index (χ1n) is 9.32. The highest BCUT2D eigenvalue weighted by Gasteiger charge is 2.16. The smallest absolute Gasteiger partial charge is 0.196 e. The van der Waals surface area contributed by atoms with Crippen molar-refractivity contribution < 1.29 is 0 Å². The molecule has 0 spiro atoms. The summed E-state index contributed by atoms with van der Waals surface area (Å²) >= 11 is 14.0. The van der Waals surface area contributed by atoms with Crippen LogP contribution < -0.4 is 0 Å². The Hall–Kier alpha value is -2.27. The van der Waals surface area contributed by atoms with E-state index in [0.717, 1.165) is 34.2 Å². The fraction of sp³-hybridized carbons (Fsp3) is 0.130. The minimum atomic E-state index is 0.634. The lowest BCUT2D eigenvalue weighted by Crippen LogP contribution is -2.00. The van der Waals surface area contributed by atoms with E-state index in [9.17, 15) is 0 Å². The Morgan fingerprint density at radius 1 is 0.897 bits per heavy atom. The number of rotatable bonds is 6. The topological polar surface area (TPSA) is 30.7 Å². The standard InChI is InChI=1S/C23H19Cl2N3S/c1-2-16-8-12-20(13-9-16)28-22(17-6-4-3-5-7-17)26-27-23(28)29-15-18-10-11-19(24)14-21(18)25/h3-14H,2,15H2,1H3. The molecule has 4 rings (SSSR count). The highest BCUT2D eigenvalue weighted by Crippen LogP contribution is 2.32. The number of benzene rings is 3. The summed E-state index contributed by atoms with van der Waals surface area (Å²) in [5.41, 5.74) is 4.37. The van der Waals surface area contributed by atoms with Crippen molar-refractivity contribution >= 4 is 35.0 Å². The Labute approximate surface area is 184 Å². The Bertz CT molecular complexity index is 1110. The monoisotopic (exact) mass is 439 g/mol. The highest BCUT2D eigenvalue weighted by molar-refractivity contribution is 7.98. The summed E-state index contributed by atoms with van der Waals surface area (Å²) < 4.78 is 2.10. The van der Waals surface area contributed by atoms with Gasteiger partial charge in [0.15, 0.2) is 11.0 Å². The molecule has 0 unspecified atom stereocenters. The second-order valence-electron chi connectivity index (χ2n) is 6.55. The SMILES string of the molecule is CCc1ccc(-n2c(SCc3ccc(Cl)cc3Cl)nnc2-c2ccccc2)cc1. The van der Waals surface area contributed by atoms with Crippen LogP contribution in [0.5, 0.6) is 0 Å². The Morgan fingerprint density at radius 2 is 1.66 bits per heavy atom. The van der Waals surface area contributed by atoms with Crippen molar-refractivity contribution in [2.45, 2.75) is 24.3 Å². The van der Waals surface area contributed by atoms with Crippen molar-refractivity contribution in [2.75, 3.05) is 0 Å². The third-order valence-electron chi connectivity index (χ3n) is 4.64. The zero-order chi connectivity index (χ0) is 20.2. The van der Waals surface area contributed by atoms with E-state index in [4.69, 9.17) is 23.2 Å². The molecule has 0 aliphatic heterocycles. The van der Waals surface area contributed by atoms with Gasteiger partial charge in [-0.25, -0.2) is 0 Å². The number of thioether (sulfide) groups is 1. The minimum Gasteiger partial charge on any atom is -0.270 e. The molecule has 1 aromatic heterocycles. The average molecular weight is 440 g/mol. The third kappa shape index (κ3) is 4.50. The van der Waals surface area contributed by atoms with Crippen molar-refractivity contribution in [3.8, 4) is 17.1 Å². The second kappa shape index (κ2) is 9.04. The summed E-state index contributed by atoms with van der Waals surface area (Å²) in [6.07, 6.45) is 1.00. The maximum Gasteiger partial charge on any atom is 0.196 e. The van der Waals surface area contributed by atoms with E-state index in [1.165, 1.54) is 5.56 Å². The Kier molecular flexibility index (Phi) is 6.24. The van der Waals surface area contributed by atoms with Gasteiger partial charge < -0.3 is 0 Å². The first-order chi connectivity index (χ1) is 14.2. The number of hydrogen-bond acceptors (Lipinski definition) is 3. The summed E-state index contributed by atoms with van der Waals surface area (Å²) in [6, 6.07) is 24.2. The van der Waals surface area contributed by atoms with Crippen LogP contribution in [0.3, 0.4) is 0 Å². The molecule has 0 bridgehead atoms. The maximum atomic E-state index is 6.35. The quantitative estimate of drug-likeness (QED) is 0.300. The number of hydrogen-bond donors (Lipinski definition) is 0. The van der Waals surface area contributed by atoms with Crippen LogP contribution in [0.2, 0.25) is 10.0 Å². The van der Waals surface area contributed by atoms with E-state index >= 15 is 0 Å². The summed E-state index contributed by atoms with van der Waals surface area (Å²) in [5, 5.41) is 11.1. The molecule has 0 amide bonds. The molecule has 0 saturated heterocycles. The summed E-state index contributed by atoms with van der Waals surface area (Å²) in [5.74, 6) is 1.50. The van der Waals surface area contributed by atoms with E-state index in [0.29, 0.717) is 15.8 Å². The zero-order valence-corrected chi connectivity index (χ0v) is 18.2. The molecule has 0 atom stereocenters. The largest absolute Gasteiger partial charge is 0.270 e. The number of halogens is 2. The fourth-order valence-electron chi connectivity index (χ4n) is 3.03. The molecule has 3 nitrogen and oxygen atoms in total. The molecule has 1 heterocycles. The molecule has 0 saturated carbocycles. The molecule has 6 heteroatoms. The van der Waals surface area contributed by atoms with Gasteiger partial charge in [-0.1, -0.05) is 90.4 Å². The number of nitrogens with zero attached hydrogens (tertiary/aromatic N) is 3. The number of aryl methyl sites for hydroxylation is 1. The van der Waals surface area contributed by atoms with E-state index in [1.54, 1.807) is 17.8 Å². The zero-order valence-electron chi connectivity index (χ0n) is 15.8. The van der Waals surface area contributed by atoms with Gasteiger partial charge in [-0.05, 0) is 41.8 Å². The van der Waals surface area contributed by atoms with Crippen LogP contribution >= 0.6 is 35.0 Å². The van der Waals surface area contributed by atoms with Gasteiger partial charge in [-0.15, -0.1) is 10.2 Å². The van der Waals surface area contributed by atoms with Crippen molar-refractivity contribution in [3.63, 3.8) is 0 Å². The van der Waals surface area contributed by atoms with Crippen molar-refractivity contribution in [1.82, 2.24) is 14.8 Å². The molecule has 146 valence electrons. The van der Waals surface area contributed by atoms with Crippen molar-refractivity contribution in [2.24, 2.45) is 0 Å². The van der Waals surface area contributed by atoms with Crippen molar-refractivity contribution in [1.29, 1.82) is 0 Å².